The quantitative estimate of drug-likeness (QED) is 0.451. The smallest absolute Gasteiger partial charge is 0.306 e. The van der Waals surface area contributed by atoms with E-state index in [1.807, 2.05) is 0 Å². The number of rotatable bonds is 8. The number of halogens is 1. The topological polar surface area (TPSA) is 114 Å². The highest BCUT2D eigenvalue weighted by Crippen LogP contribution is 2.15. The van der Waals surface area contributed by atoms with Crippen molar-refractivity contribution in [3.8, 4) is 0 Å². The fourth-order valence-electron chi connectivity index (χ4n) is 2.23. The average Bonchev–Trinajstić information content (AvgIpc) is 2.71. The molecule has 8 nitrogen and oxygen atoms in total. The largest absolute Gasteiger partial charge is 0.455 e. The van der Waals surface area contributed by atoms with Crippen LogP contribution in [0.1, 0.15) is 29.6 Å². The Morgan fingerprint density at radius 2 is 1.62 bits per heavy atom. The lowest BCUT2D eigenvalue weighted by atomic mass is 10.2. The Bertz CT molecular complexity index is 873. The van der Waals surface area contributed by atoms with E-state index >= 15 is 0 Å². The molecule has 0 saturated heterocycles. The van der Waals surface area contributed by atoms with Crippen molar-refractivity contribution in [1.29, 1.82) is 0 Å². The maximum Gasteiger partial charge on any atom is 0.306 e. The normalized spacial score (nSPS) is 9.97. The van der Waals surface area contributed by atoms with Crippen molar-refractivity contribution < 1.29 is 23.9 Å². The number of ether oxygens (including phenoxy) is 1. The molecule has 0 fully saturated rings. The number of carbonyl (C=O) groups is 4. The average molecular weight is 418 g/mol. The molecular weight excluding hydrogens is 398 g/mol. The standard InChI is InChI=1S/C20H20ClN3O5/c21-15-8-4-9-16(12-15)22-17(25)10-5-11-19(27)29-13-18(26)23-24-20(28)14-6-2-1-3-7-14/h1-4,6-9,12H,5,10-11,13H2,(H,22,25)(H,23,26)(H,24,28). The molecule has 0 bridgehead atoms. The number of amides is 3. The van der Waals surface area contributed by atoms with Crippen molar-refractivity contribution in [2.45, 2.75) is 19.3 Å². The van der Waals surface area contributed by atoms with Crippen LogP contribution in [0.5, 0.6) is 0 Å². The van der Waals surface area contributed by atoms with E-state index in [2.05, 4.69) is 16.2 Å². The van der Waals surface area contributed by atoms with Gasteiger partial charge < -0.3 is 10.1 Å². The second-order valence-electron chi connectivity index (χ2n) is 5.94. The van der Waals surface area contributed by atoms with E-state index in [9.17, 15) is 19.2 Å². The van der Waals surface area contributed by atoms with E-state index in [1.165, 1.54) is 0 Å². The van der Waals surface area contributed by atoms with Crippen LogP contribution in [0.15, 0.2) is 54.6 Å². The zero-order valence-electron chi connectivity index (χ0n) is 15.4. The SMILES string of the molecule is O=C(COC(=O)CCCC(=O)Nc1cccc(Cl)c1)NNC(=O)c1ccccc1. The molecule has 0 heterocycles. The molecule has 9 heteroatoms. The van der Waals surface area contributed by atoms with Crippen molar-refractivity contribution >= 4 is 41.0 Å². The van der Waals surface area contributed by atoms with E-state index in [0.29, 0.717) is 16.3 Å². The van der Waals surface area contributed by atoms with Gasteiger partial charge in [-0.25, -0.2) is 0 Å². The van der Waals surface area contributed by atoms with Gasteiger partial charge in [0.15, 0.2) is 6.61 Å². The minimum Gasteiger partial charge on any atom is -0.455 e. The summed E-state index contributed by atoms with van der Waals surface area (Å²) >= 11 is 5.84. The molecule has 3 N–H and O–H groups in total. The van der Waals surface area contributed by atoms with Crippen LogP contribution in [0.25, 0.3) is 0 Å². The summed E-state index contributed by atoms with van der Waals surface area (Å²) in [6.07, 6.45) is 0.352. The van der Waals surface area contributed by atoms with Gasteiger partial charge >= 0.3 is 5.97 Å². The summed E-state index contributed by atoms with van der Waals surface area (Å²) in [4.78, 5) is 46.9. The van der Waals surface area contributed by atoms with Crippen molar-refractivity contribution in [1.82, 2.24) is 10.9 Å². The molecule has 0 saturated carbocycles. The lowest BCUT2D eigenvalue weighted by Gasteiger charge is -2.08. The molecule has 0 aliphatic rings. The minimum absolute atomic E-state index is 0.0212. The lowest BCUT2D eigenvalue weighted by Crippen LogP contribution is -2.43. The summed E-state index contributed by atoms with van der Waals surface area (Å²) in [5, 5.41) is 3.17. The van der Waals surface area contributed by atoms with Crippen molar-refractivity contribution in [3.05, 3.63) is 65.2 Å². The molecular formula is C20H20ClN3O5. The molecule has 3 amide bonds. The van der Waals surface area contributed by atoms with E-state index in [-0.39, 0.29) is 25.2 Å². The van der Waals surface area contributed by atoms with Gasteiger partial charge in [-0.3, -0.25) is 30.0 Å². The lowest BCUT2D eigenvalue weighted by molar-refractivity contribution is -0.148. The Balaban J connectivity index is 1.58. The first-order valence-electron chi connectivity index (χ1n) is 8.79. The number of hydrogen-bond acceptors (Lipinski definition) is 5. The van der Waals surface area contributed by atoms with Crippen LogP contribution in [0.2, 0.25) is 5.02 Å². The Morgan fingerprint density at radius 1 is 0.862 bits per heavy atom. The molecule has 0 aliphatic heterocycles. The predicted molar refractivity (Wildman–Crippen MR) is 107 cm³/mol. The second kappa shape index (κ2) is 11.5. The van der Waals surface area contributed by atoms with Gasteiger partial charge in [0.1, 0.15) is 0 Å². The highest BCUT2D eigenvalue weighted by molar-refractivity contribution is 6.30. The Hall–Kier alpha value is -3.39. The third-order valence-electron chi connectivity index (χ3n) is 3.61. The molecule has 29 heavy (non-hydrogen) atoms. The number of carbonyl (C=O) groups excluding carboxylic acids is 4. The van der Waals surface area contributed by atoms with Crippen LogP contribution < -0.4 is 16.2 Å². The summed E-state index contributed by atoms with van der Waals surface area (Å²) < 4.78 is 4.81. The third-order valence-corrected chi connectivity index (χ3v) is 3.84. The van der Waals surface area contributed by atoms with Crippen molar-refractivity contribution in [2.24, 2.45) is 0 Å². The molecule has 0 spiro atoms. The van der Waals surface area contributed by atoms with E-state index < -0.39 is 24.4 Å². The zero-order chi connectivity index (χ0) is 21.1. The Labute approximate surface area is 172 Å². The van der Waals surface area contributed by atoms with Gasteiger partial charge in [0.05, 0.1) is 0 Å². The Kier molecular flexibility index (Phi) is 8.65. The van der Waals surface area contributed by atoms with E-state index in [1.54, 1.807) is 54.6 Å². The number of anilines is 1. The van der Waals surface area contributed by atoms with E-state index in [0.717, 1.165) is 0 Å². The van der Waals surface area contributed by atoms with Gasteiger partial charge in [-0.05, 0) is 36.8 Å². The maximum absolute atomic E-state index is 11.8. The summed E-state index contributed by atoms with van der Waals surface area (Å²) in [5.41, 5.74) is 5.31. The molecule has 0 aliphatic carbocycles. The summed E-state index contributed by atoms with van der Waals surface area (Å²) in [5.74, 6) is -2.05. The first-order valence-corrected chi connectivity index (χ1v) is 9.17. The maximum atomic E-state index is 11.8. The van der Waals surface area contributed by atoms with Gasteiger partial charge in [-0.15, -0.1) is 0 Å². The van der Waals surface area contributed by atoms with E-state index in [4.69, 9.17) is 16.3 Å². The Morgan fingerprint density at radius 3 is 2.34 bits per heavy atom. The first kappa shape index (κ1) is 21.9. The van der Waals surface area contributed by atoms with Crippen LogP contribution in [-0.4, -0.2) is 30.3 Å². The van der Waals surface area contributed by atoms with Crippen molar-refractivity contribution in [3.63, 3.8) is 0 Å². The summed E-state index contributed by atoms with van der Waals surface area (Å²) in [7, 11) is 0. The number of hydrogen-bond donors (Lipinski definition) is 3. The first-order chi connectivity index (χ1) is 13.9. The van der Waals surface area contributed by atoms with Crippen LogP contribution in [0.3, 0.4) is 0 Å². The van der Waals surface area contributed by atoms with Gasteiger partial charge in [0.25, 0.3) is 11.8 Å². The second-order valence-corrected chi connectivity index (χ2v) is 6.38. The predicted octanol–water partition coefficient (Wildman–Crippen LogP) is 2.45. The minimum atomic E-state index is -0.679. The molecule has 2 aromatic rings. The summed E-state index contributed by atoms with van der Waals surface area (Å²) in [6.45, 7) is -0.539. The number of nitrogens with one attached hydrogen (secondary N) is 3. The van der Waals surface area contributed by atoms with Gasteiger partial charge in [0.2, 0.25) is 5.91 Å². The van der Waals surface area contributed by atoms with Gasteiger partial charge in [-0.2, -0.15) is 0 Å². The number of benzene rings is 2. The fourth-order valence-corrected chi connectivity index (χ4v) is 2.42. The highest BCUT2D eigenvalue weighted by atomic mass is 35.5. The van der Waals surface area contributed by atoms with Crippen LogP contribution in [0.4, 0.5) is 5.69 Å². The van der Waals surface area contributed by atoms with Crippen molar-refractivity contribution in [2.75, 3.05) is 11.9 Å². The molecule has 152 valence electrons. The van der Waals surface area contributed by atoms with Crippen LogP contribution in [0, 0.1) is 0 Å². The number of hydrazine groups is 1. The monoisotopic (exact) mass is 417 g/mol. The fraction of sp³-hybridized carbons (Fsp3) is 0.200. The highest BCUT2D eigenvalue weighted by Gasteiger charge is 2.11. The molecule has 0 aromatic heterocycles. The molecule has 2 rings (SSSR count). The molecule has 0 unspecified atom stereocenters. The van der Waals surface area contributed by atoms with Gasteiger partial charge in [0, 0.05) is 29.1 Å². The summed E-state index contributed by atoms with van der Waals surface area (Å²) in [6, 6.07) is 15.0. The number of esters is 1. The van der Waals surface area contributed by atoms with Gasteiger partial charge in [-0.1, -0.05) is 35.9 Å². The molecule has 0 atom stereocenters. The molecule has 0 radical (unpaired) electrons. The zero-order valence-corrected chi connectivity index (χ0v) is 16.2. The van der Waals surface area contributed by atoms with Crippen LogP contribution >= 0.6 is 11.6 Å². The third kappa shape index (κ3) is 8.44. The molecule has 2 aromatic carbocycles. The van der Waals surface area contributed by atoms with Crippen LogP contribution in [-0.2, 0) is 19.1 Å².